The number of Topliss-reactive ketones (excluding diaryl/α,β-unsaturated/α-hetero) is 1. The number of hydrogen-bond acceptors (Lipinski definition) is 4. The number of furan rings is 1. The van der Waals surface area contributed by atoms with Crippen molar-refractivity contribution >= 4 is 28.3 Å². The number of anilines is 1. The summed E-state index contributed by atoms with van der Waals surface area (Å²) >= 11 is 0. The first-order valence-electron chi connectivity index (χ1n) is 7.64. The van der Waals surface area contributed by atoms with Gasteiger partial charge in [-0.1, -0.05) is 35.9 Å². The molecule has 1 amide bonds. The topological polar surface area (TPSA) is 79.5 Å². The Bertz CT molecular complexity index is 955. The number of fused-ring (bicyclic) bond motifs is 2. The molecule has 24 heavy (non-hydrogen) atoms. The van der Waals surface area contributed by atoms with E-state index in [1.165, 1.54) is 0 Å². The maximum atomic E-state index is 12.6. The van der Waals surface area contributed by atoms with Crippen molar-refractivity contribution in [3.63, 3.8) is 0 Å². The summed E-state index contributed by atoms with van der Waals surface area (Å²) in [5.74, 6) is -0.871. The number of amides is 1. The third kappa shape index (κ3) is 2.13. The van der Waals surface area contributed by atoms with Gasteiger partial charge < -0.3 is 14.8 Å². The molecule has 0 radical (unpaired) electrons. The number of aryl methyl sites for hydroxylation is 1. The van der Waals surface area contributed by atoms with Gasteiger partial charge in [0.15, 0.2) is 11.4 Å². The summed E-state index contributed by atoms with van der Waals surface area (Å²) in [5.41, 5.74) is 0.583. The Labute approximate surface area is 137 Å². The van der Waals surface area contributed by atoms with Crippen LogP contribution in [0, 0.1) is 6.92 Å². The second-order valence-corrected chi connectivity index (χ2v) is 6.11. The van der Waals surface area contributed by atoms with Gasteiger partial charge in [-0.15, -0.1) is 0 Å². The van der Waals surface area contributed by atoms with E-state index in [1.807, 2.05) is 31.2 Å². The van der Waals surface area contributed by atoms with Crippen molar-refractivity contribution < 1.29 is 19.1 Å². The minimum absolute atomic E-state index is 0.138. The maximum Gasteiger partial charge on any atom is 0.261 e. The second-order valence-electron chi connectivity index (χ2n) is 6.11. The third-order valence-corrected chi connectivity index (χ3v) is 4.36. The van der Waals surface area contributed by atoms with Gasteiger partial charge in [0.2, 0.25) is 5.78 Å². The highest BCUT2D eigenvalue weighted by Gasteiger charge is 2.47. The lowest BCUT2D eigenvalue weighted by Crippen LogP contribution is -2.36. The standard InChI is InChI=1S/C19H15NO4/c1-11-6-7-14-13(8-11)19(23,18(22)20-14)10-15(21)17-9-12-4-2-3-5-16(12)24-17/h2-9,23H,10H2,1H3,(H,20,22). The highest BCUT2D eigenvalue weighted by Crippen LogP contribution is 2.39. The smallest absolute Gasteiger partial charge is 0.261 e. The number of ketones is 1. The van der Waals surface area contributed by atoms with Gasteiger partial charge in [0, 0.05) is 16.6 Å². The quantitative estimate of drug-likeness (QED) is 0.726. The van der Waals surface area contributed by atoms with Crippen LogP contribution in [0.4, 0.5) is 5.69 Å². The van der Waals surface area contributed by atoms with E-state index >= 15 is 0 Å². The van der Waals surface area contributed by atoms with Crippen molar-refractivity contribution in [3.8, 4) is 0 Å². The molecule has 3 aromatic rings. The predicted octanol–water partition coefficient (Wildman–Crippen LogP) is 3.15. The average molecular weight is 321 g/mol. The molecule has 2 N–H and O–H groups in total. The van der Waals surface area contributed by atoms with Crippen molar-refractivity contribution in [2.75, 3.05) is 5.32 Å². The Balaban J connectivity index is 1.70. The van der Waals surface area contributed by atoms with Crippen LogP contribution in [0.5, 0.6) is 0 Å². The fourth-order valence-corrected chi connectivity index (χ4v) is 3.07. The van der Waals surface area contributed by atoms with E-state index in [9.17, 15) is 14.7 Å². The van der Waals surface area contributed by atoms with Gasteiger partial charge in [-0.05, 0) is 25.1 Å². The Morgan fingerprint density at radius 2 is 2.00 bits per heavy atom. The van der Waals surface area contributed by atoms with Crippen LogP contribution < -0.4 is 5.32 Å². The van der Waals surface area contributed by atoms with E-state index in [0.717, 1.165) is 10.9 Å². The largest absolute Gasteiger partial charge is 0.453 e. The van der Waals surface area contributed by atoms with E-state index in [-0.39, 0.29) is 12.2 Å². The Morgan fingerprint density at radius 1 is 1.21 bits per heavy atom. The molecule has 120 valence electrons. The zero-order valence-electron chi connectivity index (χ0n) is 13.0. The molecule has 1 aliphatic heterocycles. The normalized spacial score (nSPS) is 19.3. The number of benzene rings is 2. The van der Waals surface area contributed by atoms with Crippen LogP contribution in [0.25, 0.3) is 11.0 Å². The second kappa shape index (κ2) is 5.04. The summed E-state index contributed by atoms with van der Waals surface area (Å²) < 4.78 is 5.54. The first kappa shape index (κ1) is 14.7. The fraction of sp³-hybridized carbons (Fsp3) is 0.158. The summed E-state index contributed by atoms with van der Waals surface area (Å²) in [6, 6.07) is 14.2. The van der Waals surface area contributed by atoms with Crippen LogP contribution in [0.1, 0.15) is 28.1 Å². The van der Waals surface area contributed by atoms with Crippen LogP contribution >= 0.6 is 0 Å². The van der Waals surface area contributed by atoms with Crippen LogP contribution in [0.15, 0.2) is 52.9 Å². The lowest BCUT2D eigenvalue weighted by Gasteiger charge is -2.19. The molecule has 4 rings (SSSR count). The number of rotatable bonds is 3. The summed E-state index contributed by atoms with van der Waals surface area (Å²) in [4.78, 5) is 24.8. The van der Waals surface area contributed by atoms with Gasteiger partial charge >= 0.3 is 0 Å². The summed E-state index contributed by atoms with van der Waals surface area (Å²) in [6.45, 7) is 1.87. The third-order valence-electron chi connectivity index (χ3n) is 4.36. The molecule has 0 aliphatic carbocycles. The summed E-state index contributed by atoms with van der Waals surface area (Å²) in [7, 11) is 0. The van der Waals surface area contributed by atoms with Gasteiger partial charge in [-0.25, -0.2) is 0 Å². The SMILES string of the molecule is Cc1ccc2c(c1)C(O)(CC(=O)c1cc3ccccc3o1)C(=O)N2. The number of para-hydroxylation sites is 1. The van der Waals surface area contributed by atoms with E-state index in [2.05, 4.69) is 5.32 Å². The van der Waals surface area contributed by atoms with Crippen molar-refractivity contribution in [2.24, 2.45) is 0 Å². The molecule has 2 aromatic carbocycles. The van der Waals surface area contributed by atoms with E-state index in [4.69, 9.17) is 4.42 Å². The van der Waals surface area contributed by atoms with Crippen LogP contribution in [0.3, 0.4) is 0 Å². The molecule has 0 bridgehead atoms. The highest BCUT2D eigenvalue weighted by molar-refractivity contribution is 6.09. The predicted molar refractivity (Wildman–Crippen MR) is 88.9 cm³/mol. The number of hydrogen-bond donors (Lipinski definition) is 2. The molecule has 1 aromatic heterocycles. The fourth-order valence-electron chi connectivity index (χ4n) is 3.07. The molecule has 1 unspecified atom stereocenters. The van der Waals surface area contributed by atoms with Crippen molar-refractivity contribution in [3.05, 3.63) is 65.4 Å². The summed E-state index contributed by atoms with van der Waals surface area (Å²) in [6.07, 6.45) is -0.366. The molecular weight excluding hydrogens is 306 g/mol. The van der Waals surface area contributed by atoms with Crippen molar-refractivity contribution in [1.82, 2.24) is 0 Å². The van der Waals surface area contributed by atoms with Gasteiger partial charge in [-0.3, -0.25) is 9.59 Å². The zero-order valence-corrected chi connectivity index (χ0v) is 13.0. The van der Waals surface area contributed by atoms with Crippen LogP contribution in [-0.4, -0.2) is 16.8 Å². The van der Waals surface area contributed by atoms with E-state index in [0.29, 0.717) is 16.8 Å². The van der Waals surface area contributed by atoms with Crippen molar-refractivity contribution in [1.29, 1.82) is 0 Å². The number of carbonyl (C=O) groups is 2. The van der Waals surface area contributed by atoms with Crippen LogP contribution in [0.2, 0.25) is 0 Å². The van der Waals surface area contributed by atoms with Gasteiger partial charge in [0.25, 0.3) is 5.91 Å². The van der Waals surface area contributed by atoms with Crippen molar-refractivity contribution in [2.45, 2.75) is 18.9 Å². The first-order valence-corrected chi connectivity index (χ1v) is 7.64. The molecule has 5 nitrogen and oxygen atoms in total. The Morgan fingerprint density at radius 3 is 2.79 bits per heavy atom. The molecule has 0 saturated heterocycles. The molecule has 2 heterocycles. The lowest BCUT2D eigenvalue weighted by atomic mass is 9.88. The number of aliphatic hydroxyl groups is 1. The molecular formula is C19H15NO4. The molecule has 1 atom stereocenters. The lowest BCUT2D eigenvalue weighted by molar-refractivity contribution is -0.133. The van der Waals surface area contributed by atoms with Crippen LogP contribution in [-0.2, 0) is 10.4 Å². The maximum absolute atomic E-state index is 12.6. The molecule has 0 spiro atoms. The highest BCUT2D eigenvalue weighted by atomic mass is 16.3. The Hall–Kier alpha value is -2.92. The minimum atomic E-state index is -1.88. The number of nitrogens with one attached hydrogen (secondary N) is 1. The first-order chi connectivity index (χ1) is 11.5. The minimum Gasteiger partial charge on any atom is -0.453 e. The monoisotopic (exact) mass is 321 g/mol. The van der Waals surface area contributed by atoms with Gasteiger partial charge in [-0.2, -0.15) is 0 Å². The number of carbonyl (C=O) groups excluding carboxylic acids is 2. The van der Waals surface area contributed by atoms with E-state index in [1.54, 1.807) is 24.3 Å². The Kier molecular flexibility index (Phi) is 3.08. The molecule has 0 fully saturated rings. The summed E-state index contributed by atoms with van der Waals surface area (Å²) in [5, 5.41) is 14.3. The van der Waals surface area contributed by atoms with E-state index < -0.39 is 17.3 Å². The average Bonchev–Trinajstić information content (AvgIpc) is 3.09. The molecule has 0 saturated carbocycles. The van der Waals surface area contributed by atoms with Gasteiger partial charge in [0.05, 0.1) is 6.42 Å². The molecule has 1 aliphatic rings. The molecule has 5 heteroatoms. The van der Waals surface area contributed by atoms with Gasteiger partial charge in [0.1, 0.15) is 5.58 Å². The zero-order chi connectivity index (χ0) is 16.9.